The molecule has 0 spiro atoms. The summed E-state index contributed by atoms with van der Waals surface area (Å²) >= 11 is 1.46. The summed E-state index contributed by atoms with van der Waals surface area (Å²) in [5, 5.41) is 21.2. The molecule has 0 saturated heterocycles. The number of rotatable bonds is 12. The summed E-state index contributed by atoms with van der Waals surface area (Å²) in [5.41, 5.74) is 6.91. The smallest absolute Gasteiger partial charge is 0.543 e. The maximum atomic E-state index is 13.1. The minimum absolute atomic E-state index is 0. The molecule has 0 bridgehead atoms. The van der Waals surface area contributed by atoms with Gasteiger partial charge in [-0.2, -0.15) is 0 Å². The molecule has 51 heavy (non-hydrogen) atoms. The molecule has 0 atom stereocenters. The van der Waals surface area contributed by atoms with Crippen molar-refractivity contribution in [1.29, 1.82) is 0 Å². The zero-order valence-electron chi connectivity index (χ0n) is 28.1. The van der Waals surface area contributed by atoms with E-state index in [1.165, 1.54) is 11.8 Å². The summed E-state index contributed by atoms with van der Waals surface area (Å²) in [5.74, 6) is -1.05. The summed E-state index contributed by atoms with van der Waals surface area (Å²) in [6.07, 6.45) is 0. The molecule has 6 aromatic carbocycles. The Hall–Kier alpha value is -4.89. The van der Waals surface area contributed by atoms with Gasteiger partial charge in [0.2, 0.25) is 5.60 Å². The second kappa shape index (κ2) is 16.4. The standard InChI is InChI=1S/C43H35N3O3S.Na/c47-41(48)40(44-49-43(36-25-13-4-14-26-36,37-27-15-5-16-28-37)38-29-17-6-18-30-38)39-31-50-32-46(39)45-42(33-19-7-1-8-20-33,34-21-9-2-10-22-34)35-23-11-3-12-24-35;/h1-31,45H,32H2,(H,47,48);/q;+1/p-1/b44-40-;. The molecule has 246 valence electrons. The van der Waals surface area contributed by atoms with Gasteiger partial charge < -0.3 is 14.7 Å². The number of nitrogens with zero attached hydrogens (tertiary/aromatic N) is 2. The molecule has 6 aromatic rings. The van der Waals surface area contributed by atoms with E-state index in [0.29, 0.717) is 11.6 Å². The van der Waals surface area contributed by atoms with E-state index < -0.39 is 17.1 Å². The average molecular weight is 696 g/mol. The first-order valence-electron chi connectivity index (χ1n) is 16.3. The van der Waals surface area contributed by atoms with E-state index in [-0.39, 0.29) is 35.3 Å². The van der Waals surface area contributed by atoms with Crippen LogP contribution in [0.5, 0.6) is 0 Å². The van der Waals surface area contributed by atoms with Crippen molar-refractivity contribution in [3.63, 3.8) is 0 Å². The summed E-state index contributed by atoms with van der Waals surface area (Å²) < 4.78 is 0. The van der Waals surface area contributed by atoms with Crippen LogP contribution in [0.1, 0.15) is 33.4 Å². The molecular formula is C43H34N3NaO3S. The van der Waals surface area contributed by atoms with Gasteiger partial charge in [-0.25, -0.2) is 5.43 Å². The maximum Gasteiger partial charge on any atom is 1.00 e. The van der Waals surface area contributed by atoms with Crippen molar-refractivity contribution in [3.8, 4) is 0 Å². The van der Waals surface area contributed by atoms with E-state index in [9.17, 15) is 9.90 Å². The van der Waals surface area contributed by atoms with E-state index >= 15 is 0 Å². The molecule has 1 aliphatic rings. The van der Waals surface area contributed by atoms with Crippen LogP contribution in [-0.4, -0.2) is 22.6 Å². The molecule has 7 rings (SSSR count). The Kier molecular flexibility index (Phi) is 11.6. The molecule has 1 aliphatic heterocycles. The number of carboxylic acids is 1. The van der Waals surface area contributed by atoms with Gasteiger partial charge in [-0.3, -0.25) is 5.01 Å². The zero-order chi connectivity index (χ0) is 34.2. The van der Waals surface area contributed by atoms with E-state index in [0.717, 1.165) is 33.4 Å². The third-order valence-electron chi connectivity index (χ3n) is 8.86. The Labute approximate surface area is 324 Å². The van der Waals surface area contributed by atoms with Crippen molar-refractivity contribution in [2.45, 2.75) is 11.1 Å². The Morgan fingerprint density at radius 3 is 1.25 bits per heavy atom. The van der Waals surface area contributed by atoms with Crippen LogP contribution < -0.4 is 40.1 Å². The minimum atomic E-state index is -1.46. The van der Waals surface area contributed by atoms with Gasteiger partial charge >= 0.3 is 29.6 Å². The van der Waals surface area contributed by atoms with Gasteiger partial charge in [0.15, 0.2) is 5.71 Å². The first-order chi connectivity index (χ1) is 24.6. The Bertz CT molecular complexity index is 1890. The van der Waals surface area contributed by atoms with Crippen LogP contribution in [0.15, 0.2) is 198 Å². The molecule has 8 heteroatoms. The number of hydrogen-bond donors (Lipinski definition) is 1. The van der Waals surface area contributed by atoms with Gasteiger partial charge in [-0.1, -0.05) is 187 Å². The number of carboxylic acid groups (broad SMARTS) is 1. The van der Waals surface area contributed by atoms with Crippen LogP contribution in [0.2, 0.25) is 0 Å². The molecule has 0 fully saturated rings. The molecule has 0 radical (unpaired) electrons. The number of hydrogen-bond acceptors (Lipinski definition) is 7. The third-order valence-corrected chi connectivity index (χ3v) is 9.66. The van der Waals surface area contributed by atoms with Gasteiger partial charge in [0.05, 0.1) is 17.5 Å². The van der Waals surface area contributed by atoms with Crippen LogP contribution in [0, 0.1) is 0 Å². The fraction of sp³-hybridized carbons (Fsp3) is 0.0698. The van der Waals surface area contributed by atoms with E-state index in [4.69, 9.17) is 4.84 Å². The first kappa shape index (κ1) is 35.9. The van der Waals surface area contributed by atoms with Gasteiger partial charge in [-0.05, 0) is 22.1 Å². The number of nitrogens with one attached hydrogen (secondary N) is 1. The van der Waals surface area contributed by atoms with E-state index in [1.807, 2.05) is 151 Å². The quantitative estimate of drug-likeness (QED) is 0.0884. The predicted molar refractivity (Wildman–Crippen MR) is 197 cm³/mol. The molecule has 6 nitrogen and oxygen atoms in total. The molecule has 1 heterocycles. The number of hydrazine groups is 1. The van der Waals surface area contributed by atoms with Crippen LogP contribution in [0.3, 0.4) is 0 Å². The molecule has 0 aromatic heterocycles. The Balaban J connectivity index is 0.00000448. The second-order valence-corrected chi connectivity index (χ2v) is 12.6. The number of carbonyl (C=O) groups is 1. The Morgan fingerprint density at radius 1 is 0.588 bits per heavy atom. The maximum absolute atomic E-state index is 13.1. The summed E-state index contributed by atoms with van der Waals surface area (Å²) in [4.78, 5) is 19.7. The van der Waals surface area contributed by atoms with Crippen LogP contribution in [0.25, 0.3) is 0 Å². The molecular weight excluding hydrogens is 662 g/mol. The number of oxime groups is 1. The summed E-state index contributed by atoms with van der Waals surface area (Å²) in [7, 11) is 0. The monoisotopic (exact) mass is 695 g/mol. The number of benzene rings is 6. The molecule has 0 unspecified atom stereocenters. The Morgan fingerprint density at radius 2 is 0.922 bits per heavy atom. The largest absolute Gasteiger partial charge is 1.00 e. The van der Waals surface area contributed by atoms with Crippen molar-refractivity contribution in [3.05, 3.63) is 226 Å². The topological polar surface area (TPSA) is 77.0 Å². The molecule has 0 saturated carbocycles. The van der Waals surface area contributed by atoms with Crippen molar-refractivity contribution >= 4 is 23.4 Å². The fourth-order valence-electron chi connectivity index (χ4n) is 6.54. The fourth-order valence-corrected chi connectivity index (χ4v) is 7.36. The van der Waals surface area contributed by atoms with Crippen molar-refractivity contribution in [1.82, 2.24) is 10.4 Å². The minimum Gasteiger partial charge on any atom is -0.543 e. The number of carbonyl (C=O) groups excluding carboxylic acids is 1. The van der Waals surface area contributed by atoms with Gasteiger partial charge in [0.1, 0.15) is 5.54 Å². The SMILES string of the molecule is O=C([O-])/C(=N\OC(c1ccccc1)(c1ccccc1)c1ccccc1)C1=CSCN1NC(c1ccccc1)(c1ccccc1)c1ccccc1.[Na+]. The average Bonchev–Trinajstić information content (AvgIpc) is 3.65. The summed E-state index contributed by atoms with van der Waals surface area (Å²) in [6.45, 7) is 0. The van der Waals surface area contributed by atoms with Crippen LogP contribution >= 0.6 is 11.8 Å². The zero-order valence-corrected chi connectivity index (χ0v) is 30.9. The molecule has 0 amide bonds. The van der Waals surface area contributed by atoms with Gasteiger partial charge in [-0.15, -0.1) is 11.8 Å². The number of aliphatic carboxylic acids is 1. The van der Waals surface area contributed by atoms with E-state index in [1.54, 1.807) is 5.41 Å². The van der Waals surface area contributed by atoms with Gasteiger partial charge in [0, 0.05) is 16.7 Å². The van der Waals surface area contributed by atoms with Crippen LogP contribution in [0.4, 0.5) is 0 Å². The summed E-state index contributed by atoms with van der Waals surface area (Å²) in [6, 6.07) is 59.6. The number of thioether (sulfide) groups is 1. The van der Waals surface area contributed by atoms with Crippen molar-refractivity contribution < 1.29 is 44.3 Å². The van der Waals surface area contributed by atoms with E-state index in [2.05, 4.69) is 47.0 Å². The van der Waals surface area contributed by atoms with Crippen LogP contribution in [-0.2, 0) is 20.8 Å². The third kappa shape index (κ3) is 7.17. The predicted octanol–water partition coefficient (Wildman–Crippen LogP) is 4.45. The van der Waals surface area contributed by atoms with Crippen molar-refractivity contribution in [2.24, 2.45) is 5.16 Å². The van der Waals surface area contributed by atoms with Crippen molar-refractivity contribution in [2.75, 3.05) is 5.88 Å². The molecule has 1 N–H and O–H groups in total. The first-order valence-corrected chi connectivity index (χ1v) is 17.4. The second-order valence-electron chi connectivity index (χ2n) is 11.8. The molecule has 0 aliphatic carbocycles. The normalized spacial score (nSPS) is 13.2. The van der Waals surface area contributed by atoms with Gasteiger partial charge in [0.25, 0.3) is 0 Å².